The maximum absolute atomic E-state index is 13.1. The lowest BCUT2D eigenvalue weighted by atomic mass is 9.90. The number of carbonyl (C=O) groups excluding carboxylic acids is 1. The van der Waals surface area contributed by atoms with E-state index in [1.54, 1.807) is 0 Å². The maximum atomic E-state index is 13.1. The Morgan fingerprint density at radius 2 is 1.72 bits per heavy atom. The van der Waals surface area contributed by atoms with Crippen LogP contribution in [0.25, 0.3) is 0 Å². The van der Waals surface area contributed by atoms with Gasteiger partial charge in [0.25, 0.3) is 11.7 Å². The summed E-state index contributed by atoms with van der Waals surface area (Å²) in [6.45, 7) is 7.97. The lowest BCUT2D eigenvalue weighted by molar-refractivity contribution is -0.915. The zero-order valence-electron chi connectivity index (χ0n) is 17.5. The van der Waals surface area contributed by atoms with Crippen LogP contribution in [-0.4, -0.2) is 56.1 Å². The Morgan fingerprint density at radius 1 is 1.03 bits per heavy atom. The second kappa shape index (κ2) is 9.40. The van der Waals surface area contributed by atoms with Crippen LogP contribution in [0.4, 0.5) is 5.82 Å². The van der Waals surface area contributed by atoms with Crippen molar-refractivity contribution in [2.45, 2.75) is 32.2 Å². The van der Waals surface area contributed by atoms with Gasteiger partial charge in [-0.25, -0.2) is 4.98 Å². The Bertz CT molecular complexity index is 766. The fourth-order valence-electron chi connectivity index (χ4n) is 4.80. The highest BCUT2D eigenvalue weighted by Gasteiger charge is 2.35. The molecule has 0 radical (unpaired) electrons. The van der Waals surface area contributed by atoms with E-state index in [9.17, 15) is 4.79 Å². The summed E-state index contributed by atoms with van der Waals surface area (Å²) in [5.74, 6) is 2.22. The Hall–Kier alpha value is -2.40. The van der Waals surface area contributed by atoms with Crippen LogP contribution in [0.1, 0.15) is 25.3 Å². The standard InChI is InChI=1S/C24H32N4O/c1-20(26-15-17-27(18-16-26)23-9-5-6-12-25-23)24(29)28-13-10-22(11-14-28)19-21-7-3-2-4-8-21/h2-9,12,20,22H,10-11,13-19H2,1H3/p+2/t20-/m1/s1. The molecule has 0 spiro atoms. The van der Waals surface area contributed by atoms with Gasteiger partial charge in [-0.05, 0) is 43.7 Å². The van der Waals surface area contributed by atoms with Gasteiger partial charge in [0.05, 0.1) is 6.20 Å². The molecule has 3 heterocycles. The average molecular weight is 395 g/mol. The van der Waals surface area contributed by atoms with Crippen LogP contribution in [0.3, 0.4) is 0 Å². The monoisotopic (exact) mass is 394 g/mol. The van der Waals surface area contributed by atoms with Gasteiger partial charge in [0, 0.05) is 19.2 Å². The van der Waals surface area contributed by atoms with E-state index >= 15 is 0 Å². The first-order valence-electron chi connectivity index (χ1n) is 11.1. The van der Waals surface area contributed by atoms with Crippen molar-refractivity contribution in [3.8, 4) is 0 Å². The number of hydrogen-bond donors (Lipinski definition) is 1. The zero-order valence-corrected chi connectivity index (χ0v) is 17.5. The lowest BCUT2D eigenvalue weighted by Crippen LogP contribution is -3.19. The molecule has 154 valence electrons. The number of pyridine rings is 1. The molecule has 1 aromatic carbocycles. The average Bonchev–Trinajstić information content (AvgIpc) is 2.80. The van der Waals surface area contributed by atoms with E-state index in [1.165, 1.54) is 16.3 Å². The number of benzene rings is 1. The van der Waals surface area contributed by atoms with E-state index in [0.717, 1.165) is 58.5 Å². The molecule has 1 amide bonds. The van der Waals surface area contributed by atoms with Crippen LogP contribution in [0.5, 0.6) is 0 Å². The van der Waals surface area contributed by atoms with Crippen molar-refractivity contribution in [3.63, 3.8) is 0 Å². The molecule has 1 atom stereocenters. The molecule has 2 fully saturated rings. The molecule has 29 heavy (non-hydrogen) atoms. The van der Waals surface area contributed by atoms with Gasteiger partial charge in [-0.3, -0.25) is 9.69 Å². The summed E-state index contributed by atoms with van der Waals surface area (Å²) in [7, 11) is 0. The van der Waals surface area contributed by atoms with Crippen LogP contribution in [0.15, 0.2) is 54.7 Å². The quantitative estimate of drug-likeness (QED) is 0.825. The van der Waals surface area contributed by atoms with Crippen LogP contribution in [0.2, 0.25) is 0 Å². The smallest absolute Gasteiger partial charge is 0.280 e. The third-order valence-corrected chi connectivity index (χ3v) is 6.72. The molecule has 2 aliphatic heterocycles. The fraction of sp³-hybridized carbons (Fsp3) is 0.500. The fourth-order valence-corrected chi connectivity index (χ4v) is 4.80. The normalized spacial score (nSPS) is 19.9. The first-order valence-corrected chi connectivity index (χ1v) is 11.1. The van der Waals surface area contributed by atoms with Crippen molar-refractivity contribution >= 4 is 11.7 Å². The molecule has 0 unspecified atom stereocenters. The molecule has 2 saturated heterocycles. The van der Waals surface area contributed by atoms with Gasteiger partial charge < -0.3 is 9.80 Å². The summed E-state index contributed by atoms with van der Waals surface area (Å²) in [6, 6.07) is 17.0. The highest BCUT2D eigenvalue weighted by Crippen LogP contribution is 2.22. The Morgan fingerprint density at radius 3 is 2.38 bits per heavy atom. The number of quaternary nitrogens is 1. The lowest BCUT2D eigenvalue weighted by Gasteiger charge is -2.37. The van der Waals surface area contributed by atoms with Gasteiger partial charge in [0.2, 0.25) is 0 Å². The number of aromatic nitrogens is 1. The highest BCUT2D eigenvalue weighted by molar-refractivity contribution is 5.80. The molecule has 4 rings (SSSR count). The topological polar surface area (TPSA) is 42.1 Å². The van der Waals surface area contributed by atoms with Crippen molar-refractivity contribution in [2.24, 2.45) is 5.92 Å². The summed E-state index contributed by atoms with van der Waals surface area (Å²) < 4.78 is 0. The van der Waals surface area contributed by atoms with E-state index in [-0.39, 0.29) is 6.04 Å². The second-order valence-electron chi connectivity index (χ2n) is 8.57. The molecular formula is C24H34N4O+2. The summed E-state index contributed by atoms with van der Waals surface area (Å²) in [5.41, 5.74) is 1.42. The Balaban J connectivity index is 1.24. The summed E-state index contributed by atoms with van der Waals surface area (Å²) in [6.07, 6.45) is 5.37. The first kappa shape index (κ1) is 19.9. The molecule has 5 nitrogen and oxygen atoms in total. The number of hydrogen-bond acceptors (Lipinski definition) is 2. The number of amides is 1. The predicted octanol–water partition coefficient (Wildman–Crippen LogP) is 1.08. The number of nitrogens with one attached hydrogen (secondary N) is 2. The molecule has 1 aromatic heterocycles. The molecule has 2 aromatic rings. The summed E-state index contributed by atoms with van der Waals surface area (Å²) in [5, 5.41) is 0. The van der Waals surface area contributed by atoms with Gasteiger partial charge in [-0.15, -0.1) is 0 Å². The third-order valence-electron chi connectivity index (χ3n) is 6.72. The third kappa shape index (κ3) is 4.96. The maximum Gasteiger partial charge on any atom is 0.280 e. The molecule has 5 heteroatoms. The van der Waals surface area contributed by atoms with Crippen LogP contribution >= 0.6 is 0 Å². The second-order valence-corrected chi connectivity index (χ2v) is 8.57. The predicted molar refractivity (Wildman–Crippen MR) is 115 cm³/mol. The largest absolute Gasteiger partial charge is 0.338 e. The van der Waals surface area contributed by atoms with Crippen molar-refractivity contribution in [2.75, 3.05) is 44.2 Å². The molecule has 2 aliphatic rings. The molecule has 0 bridgehead atoms. The van der Waals surface area contributed by atoms with Gasteiger partial charge >= 0.3 is 0 Å². The number of rotatable bonds is 5. The Labute approximate surface area is 174 Å². The summed E-state index contributed by atoms with van der Waals surface area (Å²) in [4.78, 5) is 22.3. The number of anilines is 1. The molecule has 0 saturated carbocycles. The summed E-state index contributed by atoms with van der Waals surface area (Å²) >= 11 is 0. The number of piperidine rings is 1. The number of likely N-dealkylation sites (tertiary alicyclic amines) is 1. The van der Waals surface area contributed by atoms with Crippen LogP contribution in [0, 0.1) is 5.92 Å². The van der Waals surface area contributed by atoms with Crippen LogP contribution < -0.4 is 14.8 Å². The van der Waals surface area contributed by atoms with Crippen molar-refractivity contribution in [1.82, 2.24) is 4.90 Å². The minimum atomic E-state index is 0.0579. The van der Waals surface area contributed by atoms with E-state index in [2.05, 4.69) is 64.2 Å². The number of H-pyrrole nitrogens is 1. The molecule has 0 aliphatic carbocycles. The minimum Gasteiger partial charge on any atom is -0.338 e. The van der Waals surface area contributed by atoms with E-state index in [4.69, 9.17) is 0 Å². The van der Waals surface area contributed by atoms with E-state index in [0.29, 0.717) is 11.8 Å². The molecular weight excluding hydrogens is 360 g/mol. The minimum absolute atomic E-state index is 0.0579. The zero-order chi connectivity index (χ0) is 20.1. The highest BCUT2D eigenvalue weighted by atomic mass is 16.2. The van der Waals surface area contributed by atoms with E-state index < -0.39 is 0 Å². The number of aromatic amines is 1. The van der Waals surface area contributed by atoms with Gasteiger partial charge in [-0.1, -0.05) is 36.4 Å². The first-order chi connectivity index (χ1) is 14.2. The number of nitrogens with zero attached hydrogens (tertiary/aromatic N) is 2. The number of piperazine rings is 1. The number of carbonyl (C=O) groups is 1. The van der Waals surface area contributed by atoms with Gasteiger partial charge in [-0.2, -0.15) is 0 Å². The van der Waals surface area contributed by atoms with Crippen molar-refractivity contribution in [3.05, 3.63) is 60.3 Å². The van der Waals surface area contributed by atoms with E-state index in [1.807, 2.05) is 12.3 Å². The van der Waals surface area contributed by atoms with Gasteiger partial charge in [0.1, 0.15) is 26.2 Å². The SMILES string of the molecule is C[C@H](C(=O)N1CCC(Cc2ccccc2)CC1)[NH+]1CCN(c2cccc[nH+]2)CC1. The molecule has 2 N–H and O–H groups in total. The van der Waals surface area contributed by atoms with Crippen molar-refractivity contribution < 1.29 is 14.7 Å². The van der Waals surface area contributed by atoms with Gasteiger partial charge in [0.15, 0.2) is 6.04 Å². The Kier molecular flexibility index (Phi) is 6.45. The van der Waals surface area contributed by atoms with Crippen LogP contribution in [-0.2, 0) is 11.2 Å². The van der Waals surface area contributed by atoms with Crippen molar-refractivity contribution in [1.29, 1.82) is 0 Å².